The smallest absolute Gasteiger partial charge is 0.162 e. The van der Waals surface area contributed by atoms with E-state index in [2.05, 4.69) is 6.55 Å². The van der Waals surface area contributed by atoms with Gasteiger partial charge in [-0.3, -0.25) is 0 Å². The molecule has 0 heterocycles. The SMILES string of the molecule is C[Si](Cl)CC1CCCCC1. The van der Waals surface area contributed by atoms with Crippen LogP contribution < -0.4 is 0 Å². The molecule has 0 spiro atoms. The van der Waals surface area contributed by atoms with Crippen LogP contribution in [0.15, 0.2) is 0 Å². The van der Waals surface area contributed by atoms with Gasteiger partial charge in [-0.05, 0) is 12.0 Å². The summed E-state index contributed by atoms with van der Waals surface area (Å²) in [4.78, 5) is 0. The Morgan fingerprint density at radius 2 is 1.90 bits per heavy atom. The minimum absolute atomic E-state index is 0.461. The zero-order valence-electron chi connectivity index (χ0n) is 6.70. The van der Waals surface area contributed by atoms with Gasteiger partial charge in [-0.15, -0.1) is 0 Å². The first-order valence-electron chi connectivity index (χ1n) is 4.27. The highest BCUT2D eigenvalue weighted by Gasteiger charge is 2.15. The molecule has 0 aliphatic heterocycles. The molecule has 59 valence electrons. The van der Waals surface area contributed by atoms with Crippen LogP contribution in [0.2, 0.25) is 12.6 Å². The average molecular weight is 176 g/mol. The lowest BCUT2D eigenvalue weighted by molar-refractivity contribution is 0.384. The maximum absolute atomic E-state index is 6.01. The van der Waals surface area contributed by atoms with Crippen molar-refractivity contribution in [1.29, 1.82) is 0 Å². The Kier molecular flexibility index (Phi) is 3.78. The Balaban J connectivity index is 2.13. The van der Waals surface area contributed by atoms with Crippen LogP contribution in [0, 0.1) is 5.92 Å². The molecule has 1 radical (unpaired) electrons. The summed E-state index contributed by atoms with van der Waals surface area (Å²) >= 11 is 6.01. The van der Waals surface area contributed by atoms with Crippen LogP contribution in [0.4, 0.5) is 0 Å². The minimum Gasteiger partial charge on any atom is -0.169 e. The van der Waals surface area contributed by atoms with E-state index in [1.54, 1.807) is 0 Å². The van der Waals surface area contributed by atoms with E-state index in [0.29, 0.717) is 0 Å². The Labute approximate surface area is 70.3 Å². The fourth-order valence-corrected chi connectivity index (χ4v) is 3.65. The van der Waals surface area contributed by atoms with Gasteiger partial charge in [0.1, 0.15) is 0 Å². The summed E-state index contributed by atoms with van der Waals surface area (Å²) < 4.78 is 0. The van der Waals surface area contributed by atoms with Crippen LogP contribution in [0.1, 0.15) is 32.1 Å². The molecular formula is C8H16ClSi. The van der Waals surface area contributed by atoms with E-state index in [1.165, 1.54) is 38.1 Å². The zero-order chi connectivity index (χ0) is 7.40. The van der Waals surface area contributed by atoms with Crippen LogP contribution >= 0.6 is 11.1 Å². The van der Waals surface area contributed by atoms with Gasteiger partial charge in [0, 0.05) is 0 Å². The number of halogens is 1. The fourth-order valence-electron chi connectivity index (χ4n) is 1.79. The first kappa shape index (κ1) is 8.60. The molecule has 1 saturated carbocycles. The highest BCUT2D eigenvalue weighted by molar-refractivity contribution is 7.06. The van der Waals surface area contributed by atoms with Crippen LogP contribution in [-0.2, 0) is 0 Å². The molecule has 0 aromatic carbocycles. The molecule has 0 aromatic heterocycles. The van der Waals surface area contributed by atoms with E-state index in [0.717, 1.165) is 5.92 Å². The van der Waals surface area contributed by atoms with Crippen molar-refractivity contribution in [2.45, 2.75) is 44.7 Å². The van der Waals surface area contributed by atoms with Crippen molar-refractivity contribution in [2.75, 3.05) is 0 Å². The molecule has 0 unspecified atom stereocenters. The lowest BCUT2D eigenvalue weighted by Gasteiger charge is -2.21. The van der Waals surface area contributed by atoms with Crippen molar-refractivity contribution < 1.29 is 0 Å². The van der Waals surface area contributed by atoms with Gasteiger partial charge < -0.3 is 0 Å². The molecule has 0 amide bonds. The van der Waals surface area contributed by atoms with E-state index in [9.17, 15) is 0 Å². The average Bonchev–Trinajstić information content (AvgIpc) is 1.88. The largest absolute Gasteiger partial charge is 0.169 e. The van der Waals surface area contributed by atoms with Crippen LogP contribution in [0.3, 0.4) is 0 Å². The maximum Gasteiger partial charge on any atom is 0.162 e. The molecule has 1 rings (SSSR count). The highest BCUT2D eigenvalue weighted by Crippen LogP contribution is 2.28. The third-order valence-electron chi connectivity index (χ3n) is 2.29. The van der Waals surface area contributed by atoms with Crippen LogP contribution in [0.25, 0.3) is 0 Å². The topological polar surface area (TPSA) is 0 Å². The molecule has 1 aliphatic carbocycles. The van der Waals surface area contributed by atoms with Gasteiger partial charge in [-0.25, -0.2) is 0 Å². The van der Waals surface area contributed by atoms with Gasteiger partial charge in [-0.1, -0.05) is 38.7 Å². The summed E-state index contributed by atoms with van der Waals surface area (Å²) in [7, 11) is -0.461. The quantitative estimate of drug-likeness (QED) is 0.446. The maximum atomic E-state index is 6.01. The molecule has 0 saturated heterocycles. The van der Waals surface area contributed by atoms with Crippen molar-refractivity contribution in [2.24, 2.45) is 5.92 Å². The second kappa shape index (κ2) is 4.40. The number of hydrogen-bond acceptors (Lipinski definition) is 0. The van der Waals surface area contributed by atoms with E-state index in [1.807, 2.05) is 0 Å². The van der Waals surface area contributed by atoms with E-state index < -0.39 is 8.11 Å². The predicted molar refractivity (Wildman–Crippen MR) is 48.9 cm³/mol. The van der Waals surface area contributed by atoms with Crippen molar-refractivity contribution >= 4 is 19.2 Å². The molecule has 1 fully saturated rings. The summed E-state index contributed by atoms with van der Waals surface area (Å²) in [5.74, 6) is 0.991. The molecule has 0 bridgehead atoms. The van der Waals surface area contributed by atoms with Crippen molar-refractivity contribution in [3.8, 4) is 0 Å². The zero-order valence-corrected chi connectivity index (χ0v) is 8.45. The third kappa shape index (κ3) is 3.06. The van der Waals surface area contributed by atoms with Crippen molar-refractivity contribution in [1.82, 2.24) is 0 Å². The fraction of sp³-hybridized carbons (Fsp3) is 1.00. The summed E-state index contributed by atoms with van der Waals surface area (Å²) in [6.07, 6.45) is 7.28. The summed E-state index contributed by atoms with van der Waals surface area (Å²) in [5, 5.41) is 0. The van der Waals surface area contributed by atoms with Gasteiger partial charge >= 0.3 is 0 Å². The summed E-state index contributed by atoms with van der Waals surface area (Å²) in [6.45, 7) is 2.21. The lowest BCUT2D eigenvalue weighted by Crippen LogP contribution is -2.11. The van der Waals surface area contributed by atoms with Gasteiger partial charge in [0.2, 0.25) is 0 Å². The van der Waals surface area contributed by atoms with Crippen LogP contribution in [-0.4, -0.2) is 8.11 Å². The molecule has 0 N–H and O–H groups in total. The highest BCUT2D eigenvalue weighted by atomic mass is 35.6. The van der Waals surface area contributed by atoms with Gasteiger partial charge in [0.15, 0.2) is 8.11 Å². The normalized spacial score (nSPS) is 21.9. The Hall–Kier alpha value is 0.507. The molecule has 10 heavy (non-hydrogen) atoms. The minimum atomic E-state index is -0.461. The molecule has 0 atom stereocenters. The van der Waals surface area contributed by atoms with Crippen LogP contribution in [0.5, 0.6) is 0 Å². The Bertz CT molecular complexity index is 87.3. The summed E-state index contributed by atoms with van der Waals surface area (Å²) in [6, 6.07) is 1.34. The van der Waals surface area contributed by atoms with Gasteiger partial charge in [-0.2, -0.15) is 11.1 Å². The Morgan fingerprint density at radius 3 is 2.40 bits per heavy atom. The molecule has 0 nitrogen and oxygen atoms in total. The lowest BCUT2D eigenvalue weighted by atomic mass is 9.91. The second-order valence-corrected chi connectivity index (χ2v) is 7.08. The van der Waals surface area contributed by atoms with E-state index in [4.69, 9.17) is 11.1 Å². The first-order valence-corrected chi connectivity index (χ1v) is 7.49. The van der Waals surface area contributed by atoms with Gasteiger partial charge in [0.05, 0.1) is 0 Å². The summed E-state index contributed by atoms with van der Waals surface area (Å²) in [5.41, 5.74) is 0. The second-order valence-electron chi connectivity index (χ2n) is 3.38. The standard InChI is InChI=1S/C8H16ClSi/c1-10(9)7-8-5-3-2-4-6-8/h8H,2-7H2,1H3. The molecule has 0 aromatic rings. The third-order valence-corrected chi connectivity index (χ3v) is 3.90. The molecule has 2 heteroatoms. The number of hydrogen-bond donors (Lipinski definition) is 0. The predicted octanol–water partition coefficient (Wildman–Crippen LogP) is 3.43. The molecule has 1 aliphatic rings. The number of rotatable bonds is 2. The Morgan fingerprint density at radius 1 is 1.30 bits per heavy atom. The first-order chi connectivity index (χ1) is 4.79. The van der Waals surface area contributed by atoms with Crippen molar-refractivity contribution in [3.63, 3.8) is 0 Å². The van der Waals surface area contributed by atoms with Gasteiger partial charge in [0.25, 0.3) is 0 Å². The monoisotopic (exact) mass is 175 g/mol. The molecular weight excluding hydrogens is 160 g/mol. The van der Waals surface area contributed by atoms with E-state index in [-0.39, 0.29) is 0 Å². The van der Waals surface area contributed by atoms with Crippen molar-refractivity contribution in [3.05, 3.63) is 0 Å². The van der Waals surface area contributed by atoms with E-state index >= 15 is 0 Å².